The number of rotatable bonds is 13. The van der Waals surface area contributed by atoms with Crippen molar-refractivity contribution < 1.29 is 28.6 Å². The summed E-state index contributed by atoms with van der Waals surface area (Å²) < 4.78 is 16.4. The lowest BCUT2D eigenvalue weighted by molar-refractivity contribution is -0.116. The number of hydrogen-bond acceptors (Lipinski definition) is 7. The predicted octanol–water partition coefficient (Wildman–Crippen LogP) is 7.25. The Morgan fingerprint density at radius 1 is 0.766 bits per heavy atom. The Balaban J connectivity index is 1.58. The summed E-state index contributed by atoms with van der Waals surface area (Å²) in [5.74, 6) is 0.0761. The van der Waals surface area contributed by atoms with E-state index in [9.17, 15) is 14.4 Å². The van der Waals surface area contributed by atoms with Gasteiger partial charge in [0.15, 0.2) is 11.5 Å². The van der Waals surface area contributed by atoms with Crippen LogP contribution in [0.1, 0.15) is 40.4 Å². The van der Waals surface area contributed by atoms with Crippen LogP contribution in [0.2, 0.25) is 0 Å². The van der Waals surface area contributed by atoms with Gasteiger partial charge in [-0.3, -0.25) is 14.4 Å². The molecule has 0 spiro atoms. The SMILES string of the molecule is CCC(Sc1cccc(NC(=O)/C(=C\c2cc(OC)c(OC)c(OC)c2)NC(=O)c2ccccc2)c1)C(=O)Nc1cc(C)cc(C)c1. The first kappa shape index (κ1) is 34.6. The second-order valence-electron chi connectivity index (χ2n) is 10.7. The second kappa shape index (κ2) is 16.4. The zero-order chi connectivity index (χ0) is 33.9. The van der Waals surface area contributed by atoms with Crippen LogP contribution in [0.15, 0.2) is 95.5 Å². The third kappa shape index (κ3) is 9.40. The van der Waals surface area contributed by atoms with Crippen molar-refractivity contribution in [3.05, 3.63) is 113 Å². The van der Waals surface area contributed by atoms with E-state index in [1.165, 1.54) is 39.2 Å². The molecule has 0 aromatic heterocycles. The van der Waals surface area contributed by atoms with Gasteiger partial charge < -0.3 is 30.2 Å². The van der Waals surface area contributed by atoms with Gasteiger partial charge in [-0.25, -0.2) is 0 Å². The van der Waals surface area contributed by atoms with Crippen molar-refractivity contribution >= 4 is 46.9 Å². The summed E-state index contributed by atoms with van der Waals surface area (Å²) in [6.45, 7) is 5.94. The van der Waals surface area contributed by atoms with Crippen LogP contribution in [0.25, 0.3) is 6.08 Å². The smallest absolute Gasteiger partial charge is 0.272 e. The maximum Gasteiger partial charge on any atom is 0.272 e. The number of nitrogens with one attached hydrogen (secondary N) is 3. The van der Waals surface area contributed by atoms with Crippen molar-refractivity contribution in [3.8, 4) is 17.2 Å². The van der Waals surface area contributed by atoms with Crippen LogP contribution in [0, 0.1) is 13.8 Å². The Morgan fingerprint density at radius 3 is 2.02 bits per heavy atom. The number of carbonyl (C=O) groups excluding carboxylic acids is 3. The molecule has 9 nitrogen and oxygen atoms in total. The summed E-state index contributed by atoms with van der Waals surface area (Å²) in [7, 11) is 4.50. The molecule has 1 unspecified atom stereocenters. The number of hydrogen-bond donors (Lipinski definition) is 3. The number of benzene rings is 4. The largest absolute Gasteiger partial charge is 0.493 e. The van der Waals surface area contributed by atoms with E-state index in [1.54, 1.807) is 60.7 Å². The molecule has 0 radical (unpaired) electrons. The highest BCUT2D eigenvalue weighted by Gasteiger charge is 2.20. The molecule has 4 rings (SSSR count). The normalized spacial score (nSPS) is 11.7. The molecule has 0 fully saturated rings. The van der Waals surface area contributed by atoms with Crippen molar-refractivity contribution in [2.45, 2.75) is 37.3 Å². The molecule has 4 aromatic rings. The monoisotopic (exact) mass is 653 g/mol. The van der Waals surface area contributed by atoms with Crippen LogP contribution < -0.4 is 30.2 Å². The minimum Gasteiger partial charge on any atom is -0.493 e. The first-order chi connectivity index (χ1) is 22.6. The fourth-order valence-corrected chi connectivity index (χ4v) is 5.91. The van der Waals surface area contributed by atoms with Crippen molar-refractivity contribution in [3.63, 3.8) is 0 Å². The standard InChI is InChI=1S/C37H39N3O6S/c1-7-33(37(43)39-28-17-23(2)16-24(3)18-28)47-29-15-11-14-27(22-29)38-36(42)30(40-35(41)26-12-9-8-10-13-26)19-25-20-31(44-4)34(46-6)32(21-25)45-5/h8-22,33H,7H2,1-6H3,(H,38,42)(H,39,43)(H,40,41)/b30-19+. The molecular formula is C37H39N3O6S. The summed E-state index contributed by atoms with van der Waals surface area (Å²) in [4.78, 5) is 40.8. The van der Waals surface area contributed by atoms with E-state index >= 15 is 0 Å². The van der Waals surface area contributed by atoms with Gasteiger partial charge in [0.2, 0.25) is 11.7 Å². The van der Waals surface area contributed by atoms with Crippen molar-refractivity contribution in [1.29, 1.82) is 0 Å². The minimum atomic E-state index is -0.551. The molecule has 0 heterocycles. The van der Waals surface area contributed by atoms with Gasteiger partial charge in [0.05, 0.1) is 26.6 Å². The Morgan fingerprint density at radius 2 is 1.43 bits per heavy atom. The van der Waals surface area contributed by atoms with Gasteiger partial charge in [-0.2, -0.15) is 0 Å². The second-order valence-corrected chi connectivity index (χ2v) is 12.0. The molecule has 0 saturated heterocycles. The summed E-state index contributed by atoms with van der Waals surface area (Å²) in [6, 6.07) is 25.1. The fourth-order valence-electron chi connectivity index (χ4n) is 4.90. The summed E-state index contributed by atoms with van der Waals surface area (Å²) in [5, 5.41) is 8.31. The number of methoxy groups -OCH3 is 3. The highest BCUT2D eigenvalue weighted by molar-refractivity contribution is 8.00. The third-order valence-electron chi connectivity index (χ3n) is 7.05. The van der Waals surface area contributed by atoms with Gasteiger partial charge in [-0.1, -0.05) is 37.3 Å². The van der Waals surface area contributed by atoms with Crippen LogP contribution in [-0.4, -0.2) is 44.3 Å². The first-order valence-electron chi connectivity index (χ1n) is 15.0. The Kier molecular flexibility index (Phi) is 12.1. The van der Waals surface area contributed by atoms with E-state index in [0.29, 0.717) is 40.5 Å². The lowest BCUT2D eigenvalue weighted by Crippen LogP contribution is -2.30. The van der Waals surface area contributed by atoms with E-state index in [-0.39, 0.29) is 16.9 Å². The maximum absolute atomic E-state index is 13.7. The topological polar surface area (TPSA) is 115 Å². The fraction of sp³-hybridized carbons (Fsp3) is 0.216. The maximum atomic E-state index is 13.7. The van der Waals surface area contributed by atoms with Gasteiger partial charge in [0.25, 0.3) is 11.8 Å². The predicted molar refractivity (Wildman–Crippen MR) is 188 cm³/mol. The van der Waals surface area contributed by atoms with Gasteiger partial charge in [0.1, 0.15) is 5.70 Å². The molecular weight excluding hydrogens is 614 g/mol. The van der Waals surface area contributed by atoms with Crippen LogP contribution in [0.4, 0.5) is 11.4 Å². The first-order valence-corrected chi connectivity index (χ1v) is 15.9. The minimum absolute atomic E-state index is 0.00885. The molecule has 0 aliphatic heterocycles. The number of carbonyl (C=O) groups is 3. The van der Waals surface area contributed by atoms with Crippen LogP contribution >= 0.6 is 11.8 Å². The molecule has 3 N–H and O–H groups in total. The molecule has 4 aromatic carbocycles. The van der Waals surface area contributed by atoms with Crippen LogP contribution in [0.5, 0.6) is 17.2 Å². The zero-order valence-corrected chi connectivity index (χ0v) is 28.1. The average molecular weight is 654 g/mol. The molecule has 1 atom stereocenters. The van der Waals surface area contributed by atoms with Gasteiger partial charge in [-0.15, -0.1) is 11.8 Å². The molecule has 0 aliphatic carbocycles. The highest BCUT2D eigenvalue weighted by Crippen LogP contribution is 2.38. The number of aryl methyl sites for hydroxylation is 2. The van der Waals surface area contributed by atoms with Gasteiger partial charge in [0, 0.05) is 21.8 Å². The molecule has 244 valence electrons. The molecule has 10 heteroatoms. The number of ether oxygens (including phenoxy) is 3. The van der Waals surface area contributed by atoms with Gasteiger partial charge >= 0.3 is 0 Å². The molecule has 0 bridgehead atoms. The lowest BCUT2D eigenvalue weighted by Gasteiger charge is -2.17. The summed E-state index contributed by atoms with van der Waals surface area (Å²) in [5.41, 5.74) is 4.31. The van der Waals surface area contributed by atoms with Crippen molar-refractivity contribution in [1.82, 2.24) is 5.32 Å². The number of amides is 3. The molecule has 0 aliphatic rings. The zero-order valence-electron chi connectivity index (χ0n) is 27.3. The number of anilines is 2. The number of thioether (sulfide) groups is 1. The highest BCUT2D eigenvalue weighted by atomic mass is 32.2. The van der Waals surface area contributed by atoms with E-state index in [0.717, 1.165) is 21.7 Å². The Bertz CT molecular complexity index is 1730. The third-order valence-corrected chi connectivity index (χ3v) is 8.41. The quantitative estimate of drug-likeness (QED) is 0.103. The van der Waals surface area contributed by atoms with E-state index in [2.05, 4.69) is 22.0 Å². The van der Waals surface area contributed by atoms with Crippen molar-refractivity contribution in [2.75, 3.05) is 32.0 Å². The summed E-state index contributed by atoms with van der Waals surface area (Å²) in [6.07, 6.45) is 2.13. The molecule has 0 saturated carbocycles. The van der Waals surface area contributed by atoms with Crippen LogP contribution in [0.3, 0.4) is 0 Å². The lowest BCUT2D eigenvalue weighted by atomic mass is 10.1. The molecule has 47 heavy (non-hydrogen) atoms. The van der Waals surface area contributed by atoms with Crippen LogP contribution in [-0.2, 0) is 9.59 Å². The van der Waals surface area contributed by atoms with E-state index in [4.69, 9.17) is 14.2 Å². The Hall–Kier alpha value is -5.22. The van der Waals surface area contributed by atoms with E-state index in [1.807, 2.05) is 39.0 Å². The van der Waals surface area contributed by atoms with Crippen molar-refractivity contribution in [2.24, 2.45) is 0 Å². The molecule has 3 amide bonds. The van der Waals surface area contributed by atoms with Gasteiger partial charge in [-0.05, 0) is 97.6 Å². The van der Waals surface area contributed by atoms with E-state index < -0.39 is 11.8 Å². The Labute approximate surface area is 279 Å². The summed E-state index contributed by atoms with van der Waals surface area (Å²) >= 11 is 1.41. The average Bonchev–Trinajstić information content (AvgIpc) is 3.06.